The molecule has 7 nitrogen and oxygen atoms in total. The average Bonchev–Trinajstić information content (AvgIpc) is 3.72. The Bertz CT molecular complexity index is 1660. The molecule has 6 rings (SSSR count). The van der Waals surface area contributed by atoms with Gasteiger partial charge in [-0.1, -0.05) is 42.0 Å². The number of aromatic nitrogens is 3. The van der Waals surface area contributed by atoms with E-state index in [1.54, 1.807) is 29.7 Å². The molecule has 5 aromatic rings. The number of carbonyl (C=O) groups excluding carboxylic acids is 2. The Morgan fingerprint density at radius 1 is 1.08 bits per heavy atom. The molecule has 0 bridgehead atoms. The largest absolute Gasteiger partial charge is 0.339 e. The van der Waals surface area contributed by atoms with Crippen LogP contribution in [0.3, 0.4) is 0 Å². The number of nitrogens with one attached hydrogen (secondary N) is 2. The van der Waals surface area contributed by atoms with Crippen molar-refractivity contribution in [2.24, 2.45) is 0 Å². The number of aryl methyl sites for hydroxylation is 2. The minimum Gasteiger partial charge on any atom is -0.339 e. The zero-order valence-electron chi connectivity index (χ0n) is 21.4. The smallest absolute Gasteiger partial charge is 0.270 e. The Kier molecular flexibility index (Phi) is 6.84. The summed E-state index contributed by atoms with van der Waals surface area (Å²) in [6, 6.07) is 12.9. The van der Waals surface area contributed by atoms with E-state index in [1.807, 2.05) is 36.6 Å². The molecule has 39 heavy (non-hydrogen) atoms. The van der Waals surface area contributed by atoms with E-state index in [2.05, 4.69) is 15.6 Å². The molecule has 10 heteroatoms. The lowest BCUT2D eigenvalue weighted by molar-refractivity contribution is 0.0832. The van der Waals surface area contributed by atoms with Gasteiger partial charge in [0.2, 0.25) is 5.78 Å². The van der Waals surface area contributed by atoms with Crippen LogP contribution in [0.2, 0.25) is 0 Å². The zero-order chi connectivity index (χ0) is 27.1. The summed E-state index contributed by atoms with van der Waals surface area (Å²) >= 11 is 2.83. The van der Waals surface area contributed by atoms with E-state index in [0.29, 0.717) is 26.8 Å². The number of hydrogen-bond donors (Lipinski definition) is 2. The topological polar surface area (TPSA) is 88.4 Å². The predicted molar refractivity (Wildman–Crippen MR) is 152 cm³/mol. The summed E-state index contributed by atoms with van der Waals surface area (Å²) in [6.07, 6.45) is 3.46. The molecule has 1 aliphatic heterocycles. The van der Waals surface area contributed by atoms with Gasteiger partial charge in [-0.3, -0.25) is 14.0 Å². The van der Waals surface area contributed by atoms with E-state index in [9.17, 15) is 14.0 Å². The van der Waals surface area contributed by atoms with Gasteiger partial charge >= 0.3 is 0 Å². The van der Waals surface area contributed by atoms with E-state index >= 15 is 0 Å². The molecular formula is C29H26FN5O2S2. The molecule has 1 amide bonds. The molecule has 0 aliphatic carbocycles. The van der Waals surface area contributed by atoms with Crippen molar-refractivity contribution in [2.75, 3.05) is 6.54 Å². The molecule has 198 valence electrons. The highest BCUT2D eigenvalue weighted by Crippen LogP contribution is 2.37. The molecule has 2 N–H and O–H groups in total. The SMILES string of the molecule is Cc1ccc(-c2nc(C(=O)[C@@H](NC(=O)c3c(C)nc4sccn34)C3CCCN3)c(-c3ccc(F)cc3)s2)cc1. The van der Waals surface area contributed by atoms with Crippen molar-refractivity contribution in [3.05, 3.63) is 88.6 Å². The number of fused-ring (bicyclic) bond motifs is 1. The Morgan fingerprint density at radius 2 is 1.82 bits per heavy atom. The standard InChI is InChI=1S/C29H26FN5O2S2/c1-16-5-7-19(8-6-16)28-34-23(26(39-28)18-9-11-20(30)12-10-18)25(36)22(21-4-3-13-31-21)33-27(37)24-17(2)32-29-35(24)14-15-38-29/h5-12,14-15,21-22,31H,3-4,13H2,1-2H3,(H,33,37)/t21?,22-/m0/s1. The van der Waals surface area contributed by atoms with Gasteiger partial charge in [0.05, 0.1) is 10.6 Å². The molecule has 1 unspecified atom stereocenters. The van der Waals surface area contributed by atoms with Gasteiger partial charge in [0.15, 0.2) is 4.96 Å². The number of imidazole rings is 1. The molecular weight excluding hydrogens is 533 g/mol. The van der Waals surface area contributed by atoms with Crippen molar-refractivity contribution in [2.45, 2.75) is 38.8 Å². The van der Waals surface area contributed by atoms with E-state index in [1.165, 1.54) is 34.8 Å². The summed E-state index contributed by atoms with van der Waals surface area (Å²) in [5, 5.41) is 8.97. The third kappa shape index (κ3) is 4.91. The Labute approximate surface area is 232 Å². The van der Waals surface area contributed by atoms with Gasteiger partial charge in [0.25, 0.3) is 5.91 Å². The van der Waals surface area contributed by atoms with Crippen LogP contribution in [-0.4, -0.2) is 44.7 Å². The van der Waals surface area contributed by atoms with E-state index in [4.69, 9.17) is 4.98 Å². The first kappa shape index (κ1) is 25.5. The van der Waals surface area contributed by atoms with Crippen LogP contribution in [0.4, 0.5) is 4.39 Å². The summed E-state index contributed by atoms with van der Waals surface area (Å²) in [5.41, 5.74) is 4.00. The van der Waals surface area contributed by atoms with Crippen LogP contribution in [0, 0.1) is 19.7 Å². The number of ketones is 1. The monoisotopic (exact) mass is 559 g/mol. The summed E-state index contributed by atoms with van der Waals surface area (Å²) in [6.45, 7) is 4.57. The second-order valence-corrected chi connectivity index (χ2v) is 11.6. The van der Waals surface area contributed by atoms with Gasteiger partial charge in [-0.15, -0.1) is 22.7 Å². The van der Waals surface area contributed by atoms with Crippen LogP contribution in [-0.2, 0) is 0 Å². The lowest BCUT2D eigenvalue weighted by Crippen LogP contribution is -2.52. The molecule has 0 radical (unpaired) electrons. The quantitative estimate of drug-likeness (QED) is 0.251. The highest BCUT2D eigenvalue weighted by molar-refractivity contribution is 7.18. The van der Waals surface area contributed by atoms with E-state index in [-0.39, 0.29) is 29.2 Å². The minimum absolute atomic E-state index is 0.238. The van der Waals surface area contributed by atoms with Crippen LogP contribution in [0.5, 0.6) is 0 Å². The van der Waals surface area contributed by atoms with Gasteiger partial charge in [-0.2, -0.15) is 0 Å². The van der Waals surface area contributed by atoms with Crippen LogP contribution in [0.25, 0.3) is 26.0 Å². The average molecular weight is 560 g/mol. The van der Waals surface area contributed by atoms with Crippen molar-refractivity contribution < 1.29 is 14.0 Å². The number of thiazole rings is 2. The minimum atomic E-state index is -0.837. The van der Waals surface area contributed by atoms with Crippen molar-refractivity contribution in [3.8, 4) is 21.0 Å². The Hall–Kier alpha value is -3.73. The fraction of sp³-hybridized carbons (Fsp3) is 0.241. The zero-order valence-corrected chi connectivity index (χ0v) is 23.0. The highest BCUT2D eigenvalue weighted by atomic mass is 32.1. The fourth-order valence-electron chi connectivity index (χ4n) is 4.97. The van der Waals surface area contributed by atoms with Crippen LogP contribution in [0.1, 0.15) is 45.1 Å². The predicted octanol–water partition coefficient (Wildman–Crippen LogP) is 5.68. The number of carbonyl (C=O) groups is 2. The lowest BCUT2D eigenvalue weighted by Gasteiger charge is -2.23. The van der Waals surface area contributed by atoms with Crippen LogP contribution < -0.4 is 10.6 Å². The second kappa shape index (κ2) is 10.4. The summed E-state index contributed by atoms with van der Waals surface area (Å²) in [5.74, 6) is -0.991. The number of hydrogen-bond acceptors (Lipinski definition) is 7. The van der Waals surface area contributed by atoms with Crippen molar-refractivity contribution in [3.63, 3.8) is 0 Å². The molecule has 2 aromatic carbocycles. The number of rotatable bonds is 7. The normalized spacial score (nSPS) is 16.0. The number of nitrogens with zero attached hydrogens (tertiary/aromatic N) is 3. The third-order valence-corrected chi connectivity index (χ3v) is 8.90. The molecule has 0 saturated carbocycles. The molecule has 1 saturated heterocycles. The number of amides is 1. The summed E-state index contributed by atoms with van der Waals surface area (Å²) in [4.78, 5) is 38.5. The second-order valence-electron chi connectivity index (χ2n) is 9.69. The third-order valence-electron chi connectivity index (χ3n) is 6.99. The van der Waals surface area contributed by atoms with Crippen LogP contribution >= 0.6 is 22.7 Å². The van der Waals surface area contributed by atoms with Gasteiger partial charge in [0, 0.05) is 23.2 Å². The van der Waals surface area contributed by atoms with Crippen molar-refractivity contribution in [1.29, 1.82) is 0 Å². The summed E-state index contributed by atoms with van der Waals surface area (Å²) in [7, 11) is 0. The highest BCUT2D eigenvalue weighted by Gasteiger charge is 2.36. The molecule has 3 aromatic heterocycles. The van der Waals surface area contributed by atoms with Crippen molar-refractivity contribution in [1.82, 2.24) is 25.0 Å². The van der Waals surface area contributed by atoms with Crippen LogP contribution in [0.15, 0.2) is 60.1 Å². The van der Waals surface area contributed by atoms with Gasteiger partial charge in [0.1, 0.15) is 28.3 Å². The van der Waals surface area contributed by atoms with E-state index < -0.39 is 6.04 Å². The van der Waals surface area contributed by atoms with Gasteiger partial charge < -0.3 is 10.6 Å². The van der Waals surface area contributed by atoms with Gasteiger partial charge in [-0.05, 0) is 50.9 Å². The first-order valence-electron chi connectivity index (χ1n) is 12.7. The fourth-order valence-corrected chi connectivity index (χ4v) is 6.81. The number of Topliss-reactive ketones (excluding diaryl/α,β-unsaturated/α-hetero) is 1. The lowest BCUT2D eigenvalue weighted by atomic mass is 9.97. The first-order valence-corrected chi connectivity index (χ1v) is 14.4. The Morgan fingerprint density at radius 3 is 2.54 bits per heavy atom. The molecule has 1 aliphatic rings. The van der Waals surface area contributed by atoms with Crippen molar-refractivity contribution >= 4 is 39.3 Å². The van der Waals surface area contributed by atoms with Gasteiger partial charge in [-0.25, -0.2) is 14.4 Å². The molecule has 2 atom stereocenters. The Balaban J connectivity index is 1.41. The molecule has 1 fully saturated rings. The first-order chi connectivity index (χ1) is 18.9. The maximum Gasteiger partial charge on any atom is 0.270 e. The number of benzene rings is 2. The maximum atomic E-state index is 14.3. The summed E-state index contributed by atoms with van der Waals surface area (Å²) < 4.78 is 15.5. The maximum absolute atomic E-state index is 14.3. The molecule has 0 spiro atoms. The van der Waals surface area contributed by atoms with E-state index in [0.717, 1.165) is 35.5 Å². The molecule has 4 heterocycles. The number of halogens is 1.